The largest absolute Gasteiger partial charge is 0.309 e. The van der Waals surface area contributed by atoms with Crippen LogP contribution in [0.2, 0.25) is 0 Å². The summed E-state index contributed by atoms with van der Waals surface area (Å²) in [5.41, 5.74) is 2.09. The first-order chi connectivity index (χ1) is 9.72. The molecule has 6 nitrogen and oxygen atoms in total. The third-order valence-electron chi connectivity index (χ3n) is 3.16. The molecule has 1 aliphatic heterocycles. The molecule has 1 atom stereocenters. The molecule has 2 aromatic heterocycles. The number of carbonyl (C=O) groups is 1. The van der Waals surface area contributed by atoms with Gasteiger partial charge in [0.05, 0.1) is 29.8 Å². The molecule has 0 unspecified atom stereocenters. The zero-order valence-corrected chi connectivity index (χ0v) is 11.9. The zero-order chi connectivity index (χ0) is 13.9. The second-order valence-electron chi connectivity index (χ2n) is 4.72. The van der Waals surface area contributed by atoms with Crippen LogP contribution in [0.5, 0.6) is 0 Å². The maximum absolute atomic E-state index is 12.0. The summed E-state index contributed by atoms with van der Waals surface area (Å²) in [5.74, 6) is -0.280. The highest BCUT2D eigenvalue weighted by Crippen LogP contribution is 2.20. The molecule has 1 saturated heterocycles. The fraction of sp³-hybridized carbons (Fsp3) is 0.385. The van der Waals surface area contributed by atoms with Crippen LogP contribution in [-0.2, 0) is 0 Å². The van der Waals surface area contributed by atoms with Gasteiger partial charge < -0.3 is 5.32 Å². The molecule has 104 valence electrons. The summed E-state index contributed by atoms with van der Waals surface area (Å²) in [6.07, 6.45) is 5.41. The van der Waals surface area contributed by atoms with E-state index in [-0.39, 0.29) is 11.9 Å². The van der Waals surface area contributed by atoms with E-state index in [2.05, 4.69) is 25.6 Å². The Labute approximate surface area is 120 Å². The van der Waals surface area contributed by atoms with Crippen LogP contribution >= 0.6 is 11.3 Å². The summed E-state index contributed by atoms with van der Waals surface area (Å²) in [6, 6.07) is 0.265. The Hall–Kier alpha value is -1.86. The van der Waals surface area contributed by atoms with E-state index in [4.69, 9.17) is 0 Å². The fourth-order valence-corrected chi connectivity index (χ4v) is 2.83. The van der Waals surface area contributed by atoms with Crippen LogP contribution in [0.3, 0.4) is 0 Å². The number of nitrogens with one attached hydrogen (secondary N) is 2. The molecule has 0 aliphatic carbocycles. The number of nitrogens with zero attached hydrogens (tertiary/aromatic N) is 3. The van der Waals surface area contributed by atoms with Gasteiger partial charge in [0.1, 0.15) is 5.69 Å². The molecule has 20 heavy (non-hydrogen) atoms. The van der Waals surface area contributed by atoms with Gasteiger partial charge in [-0.05, 0) is 26.3 Å². The van der Waals surface area contributed by atoms with Gasteiger partial charge in [0.25, 0.3) is 5.91 Å². The third kappa shape index (κ3) is 2.83. The molecule has 7 heteroatoms. The first kappa shape index (κ1) is 13.1. The minimum atomic E-state index is -0.280. The molecule has 1 fully saturated rings. The van der Waals surface area contributed by atoms with Gasteiger partial charge >= 0.3 is 0 Å². The Morgan fingerprint density at radius 2 is 2.35 bits per heavy atom. The van der Waals surface area contributed by atoms with Gasteiger partial charge in [0, 0.05) is 5.38 Å². The molecule has 0 bridgehead atoms. The van der Waals surface area contributed by atoms with Crippen LogP contribution in [0.25, 0.3) is 0 Å². The molecule has 0 saturated carbocycles. The lowest BCUT2D eigenvalue weighted by Gasteiger charge is -2.09. The normalized spacial score (nSPS) is 18.1. The standard InChI is InChI=1S/C13H15N5OS/c1-8-7-20-13(17-8)18-12(19)11-6-15-10(5-16-11)9-3-2-4-14-9/h5-7,9,14H,2-4H2,1H3,(H,17,18,19)/t9-/m1/s1. The number of aromatic nitrogens is 3. The van der Waals surface area contributed by atoms with Gasteiger partial charge in [-0.15, -0.1) is 11.3 Å². The number of thiazole rings is 1. The average Bonchev–Trinajstić information content (AvgIpc) is 3.11. The van der Waals surface area contributed by atoms with Gasteiger partial charge in [-0.3, -0.25) is 15.1 Å². The van der Waals surface area contributed by atoms with Crippen molar-refractivity contribution in [2.45, 2.75) is 25.8 Å². The van der Waals surface area contributed by atoms with Gasteiger partial charge in [0.2, 0.25) is 0 Å². The lowest BCUT2D eigenvalue weighted by atomic mass is 10.2. The van der Waals surface area contributed by atoms with Crippen molar-refractivity contribution in [2.75, 3.05) is 11.9 Å². The average molecular weight is 289 g/mol. The van der Waals surface area contributed by atoms with E-state index in [1.807, 2.05) is 12.3 Å². The highest BCUT2D eigenvalue weighted by molar-refractivity contribution is 7.13. The Balaban J connectivity index is 1.68. The zero-order valence-electron chi connectivity index (χ0n) is 11.1. The third-order valence-corrected chi connectivity index (χ3v) is 4.04. The highest BCUT2D eigenvalue weighted by Gasteiger charge is 2.18. The van der Waals surface area contributed by atoms with Gasteiger partial charge in [0.15, 0.2) is 5.13 Å². The van der Waals surface area contributed by atoms with Crippen molar-refractivity contribution in [1.82, 2.24) is 20.3 Å². The predicted molar refractivity (Wildman–Crippen MR) is 76.8 cm³/mol. The minimum Gasteiger partial charge on any atom is -0.309 e. The first-order valence-electron chi connectivity index (χ1n) is 6.51. The molecule has 0 aromatic carbocycles. The van der Waals surface area contributed by atoms with Crippen LogP contribution in [0.4, 0.5) is 5.13 Å². The van der Waals surface area contributed by atoms with Crippen molar-refractivity contribution in [3.63, 3.8) is 0 Å². The molecule has 2 N–H and O–H groups in total. The molecule has 3 rings (SSSR count). The summed E-state index contributed by atoms with van der Waals surface area (Å²) in [5, 5.41) is 8.54. The van der Waals surface area contributed by atoms with Gasteiger partial charge in [-0.25, -0.2) is 9.97 Å². The minimum absolute atomic E-state index is 0.265. The lowest BCUT2D eigenvalue weighted by molar-refractivity contribution is 0.102. The summed E-state index contributed by atoms with van der Waals surface area (Å²) in [7, 11) is 0. The fourth-order valence-electron chi connectivity index (χ4n) is 2.14. The summed E-state index contributed by atoms with van der Waals surface area (Å²) >= 11 is 1.39. The van der Waals surface area contributed by atoms with E-state index in [0.29, 0.717) is 10.8 Å². The molecular formula is C13H15N5OS. The van der Waals surface area contributed by atoms with E-state index in [1.165, 1.54) is 17.5 Å². The number of amides is 1. The van der Waals surface area contributed by atoms with Crippen molar-refractivity contribution < 1.29 is 4.79 Å². The summed E-state index contributed by atoms with van der Waals surface area (Å²) < 4.78 is 0. The van der Waals surface area contributed by atoms with Crippen molar-refractivity contribution in [1.29, 1.82) is 0 Å². The number of anilines is 1. The van der Waals surface area contributed by atoms with Gasteiger partial charge in [-0.1, -0.05) is 0 Å². The Bertz CT molecular complexity index is 603. The quantitative estimate of drug-likeness (QED) is 0.902. The smallest absolute Gasteiger partial charge is 0.277 e. The maximum Gasteiger partial charge on any atom is 0.277 e. The molecule has 1 aliphatic rings. The second-order valence-corrected chi connectivity index (χ2v) is 5.58. The summed E-state index contributed by atoms with van der Waals surface area (Å²) in [4.78, 5) is 24.7. The number of hydrogen-bond donors (Lipinski definition) is 2. The van der Waals surface area contributed by atoms with E-state index < -0.39 is 0 Å². The number of hydrogen-bond acceptors (Lipinski definition) is 6. The lowest BCUT2D eigenvalue weighted by Crippen LogP contribution is -2.17. The monoisotopic (exact) mass is 289 g/mol. The Kier molecular flexibility index (Phi) is 3.70. The molecule has 0 spiro atoms. The molecule has 1 amide bonds. The van der Waals surface area contributed by atoms with E-state index in [9.17, 15) is 4.79 Å². The van der Waals surface area contributed by atoms with Crippen LogP contribution in [0, 0.1) is 6.92 Å². The van der Waals surface area contributed by atoms with Crippen LogP contribution in [0.15, 0.2) is 17.8 Å². The molecule has 0 radical (unpaired) electrons. The molecule has 3 heterocycles. The first-order valence-corrected chi connectivity index (χ1v) is 7.39. The number of aryl methyl sites for hydroxylation is 1. The number of rotatable bonds is 3. The Morgan fingerprint density at radius 1 is 1.45 bits per heavy atom. The van der Waals surface area contributed by atoms with Crippen molar-refractivity contribution in [2.24, 2.45) is 0 Å². The number of carbonyl (C=O) groups excluding carboxylic acids is 1. The summed E-state index contributed by atoms with van der Waals surface area (Å²) in [6.45, 7) is 2.90. The van der Waals surface area contributed by atoms with Gasteiger partial charge in [-0.2, -0.15) is 0 Å². The second kappa shape index (κ2) is 5.64. The molecule has 2 aromatic rings. The highest BCUT2D eigenvalue weighted by atomic mass is 32.1. The van der Waals surface area contributed by atoms with E-state index >= 15 is 0 Å². The van der Waals surface area contributed by atoms with Crippen molar-refractivity contribution in [3.05, 3.63) is 34.9 Å². The van der Waals surface area contributed by atoms with Crippen LogP contribution < -0.4 is 10.6 Å². The van der Waals surface area contributed by atoms with Crippen molar-refractivity contribution in [3.8, 4) is 0 Å². The maximum atomic E-state index is 12.0. The molecular weight excluding hydrogens is 274 g/mol. The van der Waals surface area contributed by atoms with Crippen molar-refractivity contribution >= 4 is 22.4 Å². The van der Waals surface area contributed by atoms with E-state index in [0.717, 1.165) is 30.8 Å². The Morgan fingerprint density at radius 3 is 2.95 bits per heavy atom. The van der Waals surface area contributed by atoms with Crippen LogP contribution in [0.1, 0.15) is 40.8 Å². The van der Waals surface area contributed by atoms with Crippen LogP contribution in [-0.4, -0.2) is 27.4 Å². The van der Waals surface area contributed by atoms with E-state index in [1.54, 1.807) is 6.20 Å². The topological polar surface area (TPSA) is 79.8 Å². The predicted octanol–water partition coefficient (Wildman–Crippen LogP) is 1.92. The SMILES string of the molecule is Cc1csc(NC(=O)c2cnc([C@H]3CCCN3)cn2)n1.